The second-order valence-electron chi connectivity index (χ2n) is 2.78. The van der Waals surface area contributed by atoms with Crippen LogP contribution in [0.3, 0.4) is 0 Å². The van der Waals surface area contributed by atoms with E-state index in [0.717, 1.165) is 25.0 Å². The molecule has 0 unspecified atom stereocenters. The van der Waals surface area contributed by atoms with Gasteiger partial charge in [-0.3, -0.25) is 0 Å². The molecule has 1 aliphatic carbocycles. The number of rotatable bonds is 4. The van der Waals surface area contributed by atoms with Gasteiger partial charge in [-0.25, -0.2) is 0 Å². The molecule has 12 heavy (non-hydrogen) atoms. The third-order valence-electron chi connectivity index (χ3n) is 1.74. The van der Waals surface area contributed by atoms with E-state index >= 15 is 0 Å². The normalized spacial score (nSPS) is 13.9. The van der Waals surface area contributed by atoms with Crippen molar-refractivity contribution in [2.24, 2.45) is 0 Å². The Bertz CT molecular complexity index is 212. The summed E-state index contributed by atoms with van der Waals surface area (Å²) in [6, 6.07) is 0. The van der Waals surface area contributed by atoms with E-state index in [1.54, 1.807) is 0 Å². The Labute approximate surface area is 73.3 Å². The molecule has 1 N–H and O–H groups in total. The maximum atomic E-state index is 11.3. The van der Waals surface area contributed by atoms with E-state index in [1.165, 1.54) is 0 Å². The predicted molar refractivity (Wildman–Crippen MR) is 48.2 cm³/mol. The Morgan fingerprint density at radius 3 is 2.67 bits per heavy atom. The van der Waals surface area contributed by atoms with E-state index in [0.29, 0.717) is 0 Å². The van der Waals surface area contributed by atoms with Crippen LogP contribution in [-0.2, 0) is 0 Å². The molecule has 0 heterocycles. The van der Waals surface area contributed by atoms with Crippen LogP contribution in [0.5, 0.6) is 0 Å². The Balaban J connectivity index is 2.36. The summed E-state index contributed by atoms with van der Waals surface area (Å²) in [7, 11) is 0. The zero-order chi connectivity index (χ0) is 8.81. The molecule has 0 aromatic carbocycles. The van der Waals surface area contributed by atoms with Crippen LogP contribution in [0.25, 0.3) is 0 Å². The van der Waals surface area contributed by atoms with Crippen molar-refractivity contribution >= 4 is 0 Å². The van der Waals surface area contributed by atoms with Gasteiger partial charge >= 0.3 is 0 Å². The van der Waals surface area contributed by atoms with Crippen LogP contribution in [0, 0.1) is 0 Å². The summed E-state index contributed by atoms with van der Waals surface area (Å²) >= 11 is 0. The molecule has 66 valence electrons. The highest BCUT2D eigenvalue weighted by Crippen LogP contribution is 2.07. The zero-order valence-electron chi connectivity index (χ0n) is 7.34. The number of hydrogen-bond acceptors (Lipinski definition) is 2. The van der Waals surface area contributed by atoms with Crippen LogP contribution in [0.15, 0.2) is 35.8 Å². The molecule has 0 saturated carbocycles. The molecular weight excluding hydrogens is 150 g/mol. The first-order valence-corrected chi connectivity index (χ1v) is 4.34. The highest BCUT2D eigenvalue weighted by atomic mass is 16.3. The van der Waals surface area contributed by atoms with Gasteiger partial charge in [0.2, 0.25) is 0 Å². The van der Waals surface area contributed by atoms with Crippen molar-refractivity contribution in [2.75, 3.05) is 6.54 Å². The Morgan fingerprint density at radius 1 is 1.42 bits per heavy atom. The minimum atomic E-state index is 0.0356. The van der Waals surface area contributed by atoms with E-state index in [-0.39, 0.29) is 5.88 Å². The average Bonchev–Trinajstić information content (AvgIpc) is 2.56. The van der Waals surface area contributed by atoms with Gasteiger partial charge in [0.05, 0.1) is 0 Å². The molecule has 0 spiro atoms. The molecule has 0 aromatic heterocycles. The third kappa shape index (κ3) is 2.46. The van der Waals surface area contributed by atoms with Crippen molar-refractivity contribution in [2.45, 2.75) is 19.8 Å². The van der Waals surface area contributed by atoms with Crippen LogP contribution in [0.2, 0.25) is 0 Å². The lowest BCUT2D eigenvalue weighted by molar-refractivity contribution is -0.312. The molecule has 2 nitrogen and oxygen atoms in total. The molecule has 0 saturated heterocycles. The van der Waals surface area contributed by atoms with Crippen molar-refractivity contribution in [1.29, 1.82) is 0 Å². The first kappa shape index (κ1) is 8.91. The lowest BCUT2D eigenvalue weighted by Gasteiger charge is -2.16. The first-order valence-electron chi connectivity index (χ1n) is 4.34. The van der Waals surface area contributed by atoms with E-state index in [2.05, 4.69) is 12.2 Å². The van der Waals surface area contributed by atoms with Gasteiger partial charge in [-0.05, 0) is 17.9 Å². The van der Waals surface area contributed by atoms with Gasteiger partial charge in [-0.15, -0.1) is 0 Å². The molecule has 0 atom stereocenters. The average molecular weight is 164 g/mol. The van der Waals surface area contributed by atoms with Crippen molar-refractivity contribution in [3.8, 4) is 0 Å². The van der Waals surface area contributed by atoms with Crippen LogP contribution >= 0.6 is 0 Å². The van der Waals surface area contributed by atoms with Gasteiger partial charge < -0.3 is 10.4 Å². The van der Waals surface area contributed by atoms with E-state index < -0.39 is 0 Å². The first-order chi connectivity index (χ1) is 5.84. The highest BCUT2D eigenvalue weighted by Gasteiger charge is 1.92. The molecule has 2 heteroatoms. The largest absolute Gasteiger partial charge is 0.860 e. The van der Waals surface area contributed by atoms with Crippen molar-refractivity contribution in [1.82, 2.24) is 5.32 Å². The molecule has 0 radical (unpaired) electrons. The molecule has 0 aliphatic heterocycles. The quantitative estimate of drug-likeness (QED) is 0.498. The molecule has 0 aromatic rings. The predicted octanol–water partition coefficient (Wildman–Crippen LogP) is 1.07. The summed E-state index contributed by atoms with van der Waals surface area (Å²) in [6.07, 6.45) is 9.54. The van der Waals surface area contributed by atoms with Gasteiger partial charge in [0, 0.05) is 6.54 Å². The smallest absolute Gasteiger partial charge is 0.0136 e. The molecule has 0 amide bonds. The second kappa shape index (κ2) is 4.65. The standard InChI is InChI=1S/C10H15NO/c1-2-3-8-11-10(12)9-6-4-5-7-9/h4-7,11-12H,2-3,8H2,1H3/p-1. The van der Waals surface area contributed by atoms with Crippen LogP contribution in [0.1, 0.15) is 19.8 Å². The molecule has 1 aliphatic rings. The SMILES string of the molecule is CCCCNC([O-])=C1C=CC=C1. The summed E-state index contributed by atoms with van der Waals surface area (Å²) in [4.78, 5) is 0. The van der Waals surface area contributed by atoms with Crippen molar-refractivity contribution < 1.29 is 5.11 Å². The maximum Gasteiger partial charge on any atom is 0.0136 e. The summed E-state index contributed by atoms with van der Waals surface area (Å²) in [6.45, 7) is 2.88. The summed E-state index contributed by atoms with van der Waals surface area (Å²) < 4.78 is 0. The Hall–Kier alpha value is -1.18. The number of allylic oxidation sites excluding steroid dienone is 5. The fourth-order valence-electron chi connectivity index (χ4n) is 1.01. The monoisotopic (exact) mass is 164 g/mol. The Morgan fingerprint density at radius 2 is 2.08 bits per heavy atom. The van der Waals surface area contributed by atoms with Gasteiger partial charge in [-0.1, -0.05) is 37.6 Å². The molecule has 0 fully saturated rings. The minimum Gasteiger partial charge on any atom is -0.860 e. The minimum absolute atomic E-state index is 0.0356. The lowest BCUT2D eigenvalue weighted by Crippen LogP contribution is -2.25. The van der Waals surface area contributed by atoms with Gasteiger partial charge in [0.15, 0.2) is 0 Å². The lowest BCUT2D eigenvalue weighted by atomic mass is 10.3. The summed E-state index contributed by atoms with van der Waals surface area (Å²) in [5, 5.41) is 14.1. The van der Waals surface area contributed by atoms with Gasteiger partial charge in [0.25, 0.3) is 0 Å². The number of nitrogens with one attached hydrogen (secondary N) is 1. The molecular formula is C10H14NO-. The topological polar surface area (TPSA) is 35.1 Å². The molecule has 0 bridgehead atoms. The fraction of sp³-hybridized carbons (Fsp3) is 0.400. The van der Waals surface area contributed by atoms with Crippen LogP contribution in [-0.4, -0.2) is 6.54 Å². The second-order valence-corrected chi connectivity index (χ2v) is 2.78. The summed E-state index contributed by atoms with van der Waals surface area (Å²) in [5.74, 6) is 0.0356. The van der Waals surface area contributed by atoms with E-state index in [1.807, 2.05) is 24.3 Å². The maximum absolute atomic E-state index is 11.3. The highest BCUT2D eigenvalue weighted by molar-refractivity contribution is 5.40. The number of unbranched alkanes of at least 4 members (excludes halogenated alkanes) is 1. The Kier molecular flexibility index (Phi) is 3.45. The van der Waals surface area contributed by atoms with Gasteiger partial charge in [0.1, 0.15) is 0 Å². The van der Waals surface area contributed by atoms with Gasteiger partial charge in [-0.2, -0.15) is 0 Å². The third-order valence-corrected chi connectivity index (χ3v) is 1.74. The zero-order valence-corrected chi connectivity index (χ0v) is 7.34. The fourth-order valence-corrected chi connectivity index (χ4v) is 1.01. The van der Waals surface area contributed by atoms with Crippen LogP contribution < -0.4 is 10.4 Å². The molecule has 1 rings (SSSR count). The van der Waals surface area contributed by atoms with Crippen molar-refractivity contribution in [3.05, 3.63) is 35.8 Å². The van der Waals surface area contributed by atoms with E-state index in [4.69, 9.17) is 0 Å². The number of hydrogen-bond donors (Lipinski definition) is 1. The summed E-state index contributed by atoms with van der Waals surface area (Å²) in [5.41, 5.74) is 0.756. The van der Waals surface area contributed by atoms with E-state index in [9.17, 15) is 5.11 Å². The van der Waals surface area contributed by atoms with Crippen LogP contribution in [0.4, 0.5) is 0 Å². The van der Waals surface area contributed by atoms with Crippen molar-refractivity contribution in [3.63, 3.8) is 0 Å².